The molecule has 0 bridgehead atoms. The van der Waals surface area contributed by atoms with Crippen LogP contribution in [0, 0.1) is 18.6 Å². The number of nitrogens with zero attached hydrogens (tertiary/aromatic N) is 1. The van der Waals surface area contributed by atoms with E-state index in [1.807, 2.05) is 31.2 Å². The topological polar surface area (TPSA) is 29.5 Å². The summed E-state index contributed by atoms with van der Waals surface area (Å²) in [5.41, 5.74) is 1.83. The van der Waals surface area contributed by atoms with Gasteiger partial charge in [-0.25, -0.2) is 8.78 Å². The van der Waals surface area contributed by atoms with E-state index >= 15 is 0 Å². The number of rotatable bonds is 4. The molecule has 0 spiro atoms. The second-order valence-corrected chi connectivity index (χ2v) is 6.38. The van der Waals surface area contributed by atoms with Gasteiger partial charge in [0.2, 0.25) is 0 Å². The maximum atomic E-state index is 13.7. The highest BCUT2D eigenvalue weighted by Crippen LogP contribution is 2.20. The van der Waals surface area contributed by atoms with E-state index in [0.717, 1.165) is 36.6 Å². The fourth-order valence-corrected chi connectivity index (χ4v) is 3.10. The number of piperidine rings is 1. The van der Waals surface area contributed by atoms with Gasteiger partial charge in [0.05, 0.1) is 12.7 Å². The molecule has 1 amide bonds. The smallest absolute Gasteiger partial charge is 0.254 e. The van der Waals surface area contributed by atoms with Crippen LogP contribution in [0.1, 0.15) is 34.3 Å². The summed E-state index contributed by atoms with van der Waals surface area (Å²) < 4.78 is 32.7. The first-order chi connectivity index (χ1) is 12.0. The predicted molar refractivity (Wildman–Crippen MR) is 91.3 cm³/mol. The first-order valence-corrected chi connectivity index (χ1v) is 8.45. The Kier molecular flexibility index (Phi) is 5.43. The number of benzene rings is 2. The molecular formula is C20H21F2NO2. The summed E-state index contributed by atoms with van der Waals surface area (Å²) in [6, 6.07) is 10.8. The van der Waals surface area contributed by atoms with Crippen LogP contribution in [-0.4, -0.2) is 30.0 Å². The van der Waals surface area contributed by atoms with Crippen LogP contribution in [0.2, 0.25) is 0 Å². The molecule has 0 radical (unpaired) electrons. The highest BCUT2D eigenvalue weighted by atomic mass is 19.1. The van der Waals surface area contributed by atoms with E-state index in [-0.39, 0.29) is 24.2 Å². The number of hydrogen-bond donors (Lipinski definition) is 0. The van der Waals surface area contributed by atoms with Gasteiger partial charge in [-0.3, -0.25) is 4.79 Å². The third-order valence-corrected chi connectivity index (χ3v) is 4.52. The molecule has 0 saturated carbocycles. The van der Waals surface area contributed by atoms with E-state index in [2.05, 4.69) is 0 Å². The summed E-state index contributed by atoms with van der Waals surface area (Å²) in [5.74, 6) is -0.978. The fraction of sp³-hybridized carbons (Fsp3) is 0.350. The molecule has 1 aliphatic rings. The van der Waals surface area contributed by atoms with Crippen molar-refractivity contribution in [2.75, 3.05) is 13.1 Å². The molecule has 3 nitrogen and oxygen atoms in total. The van der Waals surface area contributed by atoms with E-state index in [1.54, 1.807) is 4.90 Å². The molecule has 1 atom stereocenters. The summed E-state index contributed by atoms with van der Waals surface area (Å²) in [5, 5.41) is 0. The van der Waals surface area contributed by atoms with E-state index < -0.39 is 11.6 Å². The SMILES string of the molecule is Cc1ccccc1C(=O)N1CCC[C@@H](OCc2cc(F)ccc2F)C1. The molecule has 3 rings (SSSR count). The van der Waals surface area contributed by atoms with Crippen molar-refractivity contribution >= 4 is 5.91 Å². The minimum Gasteiger partial charge on any atom is -0.372 e. The molecular weight excluding hydrogens is 324 g/mol. The molecule has 1 saturated heterocycles. The number of amides is 1. The van der Waals surface area contributed by atoms with Crippen LogP contribution in [0.15, 0.2) is 42.5 Å². The Morgan fingerprint density at radius 1 is 1.24 bits per heavy atom. The normalized spacial score (nSPS) is 17.6. The van der Waals surface area contributed by atoms with Gasteiger partial charge in [0.25, 0.3) is 5.91 Å². The summed E-state index contributed by atoms with van der Waals surface area (Å²) in [6.45, 7) is 3.06. The first kappa shape index (κ1) is 17.5. The number of carbonyl (C=O) groups excluding carboxylic acids is 1. The second kappa shape index (κ2) is 7.74. The maximum Gasteiger partial charge on any atom is 0.254 e. The lowest BCUT2D eigenvalue weighted by Gasteiger charge is -2.33. The van der Waals surface area contributed by atoms with E-state index in [9.17, 15) is 13.6 Å². The van der Waals surface area contributed by atoms with Crippen molar-refractivity contribution in [3.63, 3.8) is 0 Å². The van der Waals surface area contributed by atoms with Gasteiger partial charge in [0, 0.05) is 24.2 Å². The van der Waals surface area contributed by atoms with Crippen LogP contribution in [-0.2, 0) is 11.3 Å². The second-order valence-electron chi connectivity index (χ2n) is 6.38. The van der Waals surface area contributed by atoms with Crippen molar-refractivity contribution < 1.29 is 18.3 Å². The average Bonchev–Trinajstić information content (AvgIpc) is 2.62. The molecule has 132 valence electrons. The molecule has 0 aromatic heterocycles. The Labute approximate surface area is 146 Å². The van der Waals surface area contributed by atoms with Crippen molar-refractivity contribution in [1.82, 2.24) is 4.90 Å². The maximum absolute atomic E-state index is 13.7. The van der Waals surface area contributed by atoms with Gasteiger partial charge >= 0.3 is 0 Å². The Morgan fingerprint density at radius 3 is 2.84 bits per heavy atom. The largest absolute Gasteiger partial charge is 0.372 e. The molecule has 1 heterocycles. The third-order valence-electron chi connectivity index (χ3n) is 4.52. The van der Waals surface area contributed by atoms with E-state index in [1.165, 1.54) is 0 Å². The monoisotopic (exact) mass is 345 g/mol. The molecule has 0 N–H and O–H groups in total. The van der Waals surface area contributed by atoms with Crippen LogP contribution in [0.4, 0.5) is 8.78 Å². The standard InChI is InChI=1S/C20H21F2NO2/c1-14-5-2-3-7-18(14)20(24)23-10-4-6-17(12-23)25-13-15-11-16(21)8-9-19(15)22/h2-3,5,7-9,11,17H,4,6,10,12-13H2,1H3/t17-/m1/s1. The summed E-state index contributed by atoms with van der Waals surface area (Å²) in [7, 11) is 0. The van der Waals surface area contributed by atoms with Crippen LogP contribution in [0.3, 0.4) is 0 Å². The Hall–Kier alpha value is -2.27. The predicted octanol–water partition coefficient (Wildman–Crippen LogP) is 4.09. The zero-order valence-corrected chi connectivity index (χ0v) is 14.2. The number of halogens is 2. The van der Waals surface area contributed by atoms with Crippen molar-refractivity contribution in [2.45, 2.75) is 32.5 Å². The summed E-state index contributed by atoms with van der Waals surface area (Å²) >= 11 is 0. The molecule has 2 aromatic rings. The molecule has 25 heavy (non-hydrogen) atoms. The number of carbonyl (C=O) groups is 1. The zero-order valence-electron chi connectivity index (χ0n) is 14.2. The van der Waals surface area contributed by atoms with E-state index in [4.69, 9.17) is 4.74 Å². The Morgan fingerprint density at radius 2 is 2.04 bits per heavy atom. The van der Waals surface area contributed by atoms with Crippen molar-refractivity contribution in [3.8, 4) is 0 Å². The van der Waals surface area contributed by atoms with Gasteiger partial charge in [0.1, 0.15) is 11.6 Å². The lowest BCUT2D eigenvalue weighted by atomic mass is 10.0. The molecule has 0 unspecified atom stereocenters. The van der Waals surface area contributed by atoms with Crippen molar-refractivity contribution in [1.29, 1.82) is 0 Å². The van der Waals surface area contributed by atoms with Gasteiger partial charge in [0.15, 0.2) is 0 Å². The quantitative estimate of drug-likeness (QED) is 0.835. The van der Waals surface area contributed by atoms with Crippen LogP contribution in [0.5, 0.6) is 0 Å². The molecule has 1 fully saturated rings. The Bertz CT molecular complexity index is 763. The van der Waals surface area contributed by atoms with Gasteiger partial charge in [-0.05, 0) is 49.6 Å². The number of ether oxygens (including phenoxy) is 1. The summed E-state index contributed by atoms with van der Waals surface area (Å²) in [6.07, 6.45) is 1.45. The number of aryl methyl sites for hydroxylation is 1. The lowest BCUT2D eigenvalue weighted by molar-refractivity contribution is -0.00771. The minimum atomic E-state index is -0.486. The third kappa shape index (κ3) is 4.23. The number of hydrogen-bond acceptors (Lipinski definition) is 2. The highest BCUT2D eigenvalue weighted by Gasteiger charge is 2.25. The minimum absolute atomic E-state index is 0.000650. The first-order valence-electron chi connectivity index (χ1n) is 8.45. The number of likely N-dealkylation sites (tertiary alicyclic amines) is 1. The van der Waals surface area contributed by atoms with Gasteiger partial charge in [-0.15, -0.1) is 0 Å². The molecule has 2 aromatic carbocycles. The fourth-order valence-electron chi connectivity index (χ4n) is 3.10. The Balaban J connectivity index is 1.62. The lowest BCUT2D eigenvalue weighted by Crippen LogP contribution is -2.43. The van der Waals surface area contributed by atoms with Gasteiger partial charge in [-0.2, -0.15) is 0 Å². The summed E-state index contributed by atoms with van der Waals surface area (Å²) in [4.78, 5) is 14.5. The van der Waals surface area contributed by atoms with E-state index in [0.29, 0.717) is 18.7 Å². The van der Waals surface area contributed by atoms with Crippen molar-refractivity contribution in [3.05, 3.63) is 70.8 Å². The highest BCUT2D eigenvalue weighted by molar-refractivity contribution is 5.95. The molecule has 0 aliphatic carbocycles. The average molecular weight is 345 g/mol. The molecule has 5 heteroatoms. The van der Waals surface area contributed by atoms with Gasteiger partial charge < -0.3 is 9.64 Å². The van der Waals surface area contributed by atoms with Crippen LogP contribution >= 0.6 is 0 Å². The van der Waals surface area contributed by atoms with Crippen molar-refractivity contribution in [2.24, 2.45) is 0 Å². The van der Waals surface area contributed by atoms with Gasteiger partial charge in [-0.1, -0.05) is 18.2 Å². The van der Waals surface area contributed by atoms with Crippen LogP contribution < -0.4 is 0 Å². The zero-order chi connectivity index (χ0) is 17.8. The molecule has 1 aliphatic heterocycles. The van der Waals surface area contributed by atoms with Crippen LogP contribution in [0.25, 0.3) is 0 Å².